The van der Waals surface area contributed by atoms with Crippen LogP contribution in [0.4, 0.5) is 0 Å². The summed E-state index contributed by atoms with van der Waals surface area (Å²) in [5.74, 6) is 2.10. The molecule has 24 heavy (non-hydrogen) atoms. The average Bonchev–Trinajstić information content (AvgIpc) is 3.09. The Balaban J connectivity index is 1.69. The van der Waals surface area contributed by atoms with Crippen molar-refractivity contribution in [3.63, 3.8) is 0 Å². The molecule has 0 aliphatic carbocycles. The van der Waals surface area contributed by atoms with E-state index >= 15 is 0 Å². The summed E-state index contributed by atoms with van der Waals surface area (Å²) in [6, 6.07) is 14.3. The van der Waals surface area contributed by atoms with E-state index < -0.39 is 0 Å². The van der Waals surface area contributed by atoms with Crippen molar-refractivity contribution in [3.05, 3.63) is 60.0 Å². The topological polar surface area (TPSA) is 74.5 Å². The highest BCUT2D eigenvalue weighted by atomic mass is 16.5. The Bertz CT molecular complexity index is 840. The van der Waals surface area contributed by atoms with Gasteiger partial charge in [0.1, 0.15) is 11.5 Å². The molecule has 0 fully saturated rings. The van der Waals surface area contributed by atoms with E-state index in [-0.39, 0.29) is 12.4 Å². The molecule has 0 amide bonds. The van der Waals surface area contributed by atoms with Crippen LogP contribution in [0.1, 0.15) is 23.2 Å². The van der Waals surface area contributed by atoms with Crippen molar-refractivity contribution < 1.29 is 18.8 Å². The van der Waals surface area contributed by atoms with E-state index in [1.807, 2.05) is 24.3 Å². The van der Waals surface area contributed by atoms with Gasteiger partial charge in [-0.3, -0.25) is 4.79 Å². The van der Waals surface area contributed by atoms with Crippen LogP contribution >= 0.6 is 0 Å². The van der Waals surface area contributed by atoms with Crippen molar-refractivity contribution in [3.8, 4) is 22.9 Å². The molecule has 0 N–H and O–H groups in total. The van der Waals surface area contributed by atoms with Gasteiger partial charge >= 0.3 is 0 Å². The number of rotatable bonds is 6. The zero-order valence-corrected chi connectivity index (χ0v) is 13.4. The summed E-state index contributed by atoms with van der Waals surface area (Å²) < 4.78 is 16.1. The predicted molar refractivity (Wildman–Crippen MR) is 87.1 cm³/mol. The molecule has 0 unspecified atom stereocenters. The van der Waals surface area contributed by atoms with E-state index in [0.29, 0.717) is 28.8 Å². The van der Waals surface area contributed by atoms with Crippen LogP contribution in [-0.4, -0.2) is 23.0 Å². The summed E-state index contributed by atoms with van der Waals surface area (Å²) in [4.78, 5) is 15.6. The number of methoxy groups -OCH3 is 1. The Morgan fingerprint density at radius 1 is 1.12 bits per heavy atom. The number of benzene rings is 2. The number of para-hydroxylation sites is 1. The fourth-order valence-electron chi connectivity index (χ4n) is 2.18. The number of hydrogen-bond acceptors (Lipinski definition) is 6. The molecule has 6 nitrogen and oxygen atoms in total. The molecule has 0 saturated carbocycles. The molecule has 0 saturated heterocycles. The SMILES string of the molecule is COc1ccccc1-c1noc(COc2ccc(C(C)=O)cc2)n1. The molecule has 2 aromatic carbocycles. The lowest BCUT2D eigenvalue weighted by atomic mass is 10.1. The number of carbonyl (C=O) groups is 1. The van der Waals surface area contributed by atoms with E-state index in [9.17, 15) is 4.79 Å². The first-order valence-corrected chi connectivity index (χ1v) is 7.37. The van der Waals surface area contributed by atoms with Gasteiger partial charge in [0.05, 0.1) is 12.7 Å². The summed E-state index contributed by atoms with van der Waals surface area (Å²) >= 11 is 0. The molecule has 0 aliphatic rings. The number of Topliss-reactive ketones (excluding diaryl/α,β-unsaturated/α-hetero) is 1. The predicted octanol–water partition coefficient (Wildman–Crippen LogP) is 3.53. The molecule has 0 aliphatic heterocycles. The zero-order chi connectivity index (χ0) is 16.9. The van der Waals surface area contributed by atoms with E-state index in [1.54, 1.807) is 31.4 Å². The van der Waals surface area contributed by atoms with Crippen molar-refractivity contribution in [2.75, 3.05) is 7.11 Å². The molecule has 3 aromatic rings. The number of aromatic nitrogens is 2. The molecule has 0 spiro atoms. The first-order chi connectivity index (χ1) is 11.7. The smallest absolute Gasteiger partial charge is 0.264 e. The maximum absolute atomic E-state index is 11.2. The van der Waals surface area contributed by atoms with Gasteiger partial charge in [0, 0.05) is 5.56 Å². The fraction of sp³-hybridized carbons (Fsp3) is 0.167. The van der Waals surface area contributed by atoms with E-state index in [4.69, 9.17) is 14.0 Å². The fourth-order valence-corrected chi connectivity index (χ4v) is 2.18. The van der Waals surface area contributed by atoms with Crippen LogP contribution in [0.15, 0.2) is 53.1 Å². The maximum Gasteiger partial charge on any atom is 0.264 e. The van der Waals surface area contributed by atoms with Crippen LogP contribution in [-0.2, 0) is 6.61 Å². The summed E-state index contributed by atoms with van der Waals surface area (Å²) in [6.45, 7) is 1.66. The lowest BCUT2D eigenvalue weighted by molar-refractivity contribution is 0.101. The average molecular weight is 324 g/mol. The van der Waals surface area contributed by atoms with Crippen molar-refractivity contribution in [2.24, 2.45) is 0 Å². The largest absolute Gasteiger partial charge is 0.496 e. The van der Waals surface area contributed by atoms with Crippen LogP contribution in [0, 0.1) is 0 Å². The first-order valence-electron chi connectivity index (χ1n) is 7.37. The van der Waals surface area contributed by atoms with Gasteiger partial charge in [-0.1, -0.05) is 17.3 Å². The minimum Gasteiger partial charge on any atom is -0.496 e. The van der Waals surface area contributed by atoms with Crippen molar-refractivity contribution in [2.45, 2.75) is 13.5 Å². The Hall–Kier alpha value is -3.15. The Morgan fingerprint density at radius 3 is 2.58 bits per heavy atom. The molecule has 3 rings (SSSR count). The third-order valence-electron chi connectivity index (χ3n) is 3.44. The highest BCUT2D eigenvalue weighted by Crippen LogP contribution is 2.27. The van der Waals surface area contributed by atoms with Crippen LogP contribution < -0.4 is 9.47 Å². The lowest BCUT2D eigenvalue weighted by Crippen LogP contribution is -1.97. The number of nitrogens with zero attached hydrogens (tertiary/aromatic N) is 2. The second kappa shape index (κ2) is 6.95. The molecule has 122 valence electrons. The van der Waals surface area contributed by atoms with Gasteiger partial charge in [0.25, 0.3) is 5.89 Å². The van der Waals surface area contributed by atoms with E-state index in [1.165, 1.54) is 6.92 Å². The van der Waals surface area contributed by atoms with Crippen molar-refractivity contribution in [1.29, 1.82) is 0 Å². The third kappa shape index (κ3) is 3.43. The molecule has 0 bridgehead atoms. The highest BCUT2D eigenvalue weighted by molar-refractivity contribution is 5.94. The standard InChI is InChI=1S/C18H16N2O4/c1-12(21)13-7-9-14(10-8-13)23-11-17-19-18(20-24-17)15-5-3-4-6-16(15)22-2/h3-10H,11H2,1-2H3. The zero-order valence-electron chi connectivity index (χ0n) is 13.4. The number of hydrogen-bond donors (Lipinski definition) is 0. The molecule has 1 aromatic heterocycles. The van der Waals surface area contributed by atoms with Gasteiger partial charge in [0.2, 0.25) is 5.82 Å². The molecular weight excluding hydrogens is 308 g/mol. The van der Waals surface area contributed by atoms with Gasteiger partial charge in [-0.15, -0.1) is 0 Å². The van der Waals surface area contributed by atoms with Gasteiger partial charge in [-0.25, -0.2) is 0 Å². The minimum atomic E-state index is 0.0138. The molecule has 6 heteroatoms. The molecule has 0 radical (unpaired) electrons. The van der Waals surface area contributed by atoms with Crippen LogP contribution in [0.2, 0.25) is 0 Å². The van der Waals surface area contributed by atoms with E-state index in [2.05, 4.69) is 10.1 Å². The summed E-state index contributed by atoms with van der Waals surface area (Å²) in [5, 5.41) is 3.95. The number of ketones is 1. The first kappa shape index (κ1) is 15.7. The normalized spacial score (nSPS) is 10.4. The number of ether oxygens (including phenoxy) is 2. The summed E-state index contributed by atoms with van der Waals surface area (Å²) in [7, 11) is 1.59. The van der Waals surface area contributed by atoms with Crippen LogP contribution in [0.25, 0.3) is 11.4 Å². The van der Waals surface area contributed by atoms with Gasteiger partial charge in [-0.05, 0) is 43.3 Å². The summed E-state index contributed by atoms with van der Waals surface area (Å²) in [6.07, 6.45) is 0. The summed E-state index contributed by atoms with van der Waals surface area (Å²) in [5.41, 5.74) is 1.39. The van der Waals surface area contributed by atoms with Crippen molar-refractivity contribution >= 4 is 5.78 Å². The molecule has 0 atom stereocenters. The van der Waals surface area contributed by atoms with E-state index in [0.717, 1.165) is 5.56 Å². The van der Waals surface area contributed by atoms with Gasteiger partial charge in [-0.2, -0.15) is 4.98 Å². The lowest BCUT2D eigenvalue weighted by Gasteiger charge is -2.04. The Kier molecular flexibility index (Phi) is 4.56. The monoisotopic (exact) mass is 324 g/mol. The third-order valence-corrected chi connectivity index (χ3v) is 3.44. The number of carbonyl (C=O) groups excluding carboxylic acids is 1. The second-order valence-electron chi connectivity index (χ2n) is 5.08. The van der Waals surface area contributed by atoms with Gasteiger partial charge in [0.15, 0.2) is 12.4 Å². The minimum absolute atomic E-state index is 0.0138. The van der Waals surface area contributed by atoms with Crippen molar-refractivity contribution in [1.82, 2.24) is 10.1 Å². The van der Waals surface area contributed by atoms with Crippen LogP contribution in [0.5, 0.6) is 11.5 Å². The molecule has 1 heterocycles. The Morgan fingerprint density at radius 2 is 1.88 bits per heavy atom. The van der Waals surface area contributed by atoms with Crippen LogP contribution in [0.3, 0.4) is 0 Å². The second-order valence-corrected chi connectivity index (χ2v) is 5.08. The van der Waals surface area contributed by atoms with Gasteiger partial charge < -0.3 is 14.0 Å². The molecular formula is C18H16N2O4. The highest BCUT2D eigenvalue weighted by Gasteiger charge is 2.13. The maximum atomic E-state index is 11.2. The quantitative estimate of drug-likeness (QED) is 0.646. The Labute approximate surface area is 139 Å².